The van der Waals surface area contributed by atoms with Crippen LogP contribution in [0.3, 0.4) is 0 Å². The molecule has 3 rings (SSSR count). The Morgan fingerprint density at radius 1 is 1.00 bits per heavy atom. The number of para-hydroxylation sites is 1. The minimum Gasteiger partial charge on any atom is -0.338 e. The van der Waals surface area contributed by atoms with E-state index in [0.717, 1.165) is 17.7 Å². The number of carbonyl (C=O) groups excluding carboxylic acids is 2. The molecule has 0 atom stereocenters. The normalized spacial score (nSPS) is 10.8. The third kappa shape index (κ3) is 5.93. The Kier molecular flexibility index (Phi) is 7.62. The number of nitrogens with zero attached hydrogens (tertiary/aromatic N) is 3. The number of carbonyl (C=O) groups is 2. The molecule has 0 fully saturated rings. The highest BCUT2D eigenvalue weighted by molar-refractivity contribution is 7.99. The highest BCUT2D eigenvalue weighted by atomic mass is 32.2. The maximum absolute atomic E-state index is 12.2. The maximum Gasteiger partial charge on any atom is 0.321 e. The Labute approximate surface area is 180 Å². The molecule has 0 saturated carbocycles. The summed E-state index contributed by atoms with van der Waals surface area (Å²) in [6.45, 7) is 4.69. The van der Waals surface area contributed by atoms with Crippen LogP contribution >= 0.6 is 11.8 Å². The van der Waals surface area contributed by atoms with E-state index in [2.05, 4.69) is 34.7 Å². The van der Waals surface area contributed by atoms with Crippen LogP contribution < -0.4 is 10.6 Å². The summed E-state index contributed by atoms with van der Waals surface area (Å²) in [6, 6.07) is 19.0. The van der Waals surface area contributed by atoms with Gasteiger partial charge in [-0.2, -0.15) is 0 Å². The number of aromatic nitrogens is 3. The highest BCUT2D eigenvalue weighted by Crippen LogP contribution is 2.27. The lowest BCUT2D eigenvalue weighted by Crippen LogP contribution is -2.40. The van der Waals surface area contributed by atoms with Gasteiger partial charge >= 0.3 is 6.03 Å². The molecule has 0 aliphatic carbocycles. The van der Waals surface area contributed by atoms with Crippen molar-refractivity contribution in [2.45, 2.75) is 25.4 Å². The SMILES string of the molecule is CC(C)CCNC(=O)NC(=O)CSc1nnc(-c2ccccc2)n1-c1ccccc1. The second kappa shape index (κ2) is 10.6. The molecule has 2 aromatic carbocycles. The van der Waals surface area contributed by atoms with Crippen LogP contribution in [-0.2, 0) is 4.79 Å². The van der Waals surface area contributed by atoms with E-state index < -0.39 is 6.03 Å². The van der Waals surface area contributed by atoms with Crippen molar-refractivity contribution >= 4 is 23.7 Å². The first-order chi connectivity index (χ1) is 14.5. The third-order valence-corrected chi connectivity index (χ3v) is 5.20. The van der Waals surface area contributed by atoms with Gasteiger partial charge < -0.3 is 5.32 Å². The van der Waals surface area contributed by atoms with Gasteiger partial charge in [-0.15, -0.1) is 10.2 Å². The average molecular weight is 424 g/mol. The molecule has 1 aromatic heterocycles. The van der Waals surface area contributed by atoms with Crippen molar-refractivity contribution in [3.05, 3.63) is 60.7 Å². The first kappa shape index (κ1) is 21.6. The van der Waals surface area contributed by atoms with E-state index in [1.807, 2.05) is 65.2 Å². The van der Waals surface area contributed by atoms with Crippen LogP contribution in [0.15, 0.2) is 65.8 Å². The Morgan fingerprint density at radius 3 is 2.33 bits per heavy atom. The van der Waals surface area contributed by atoms with Crippen molar-refractivity contribution in [1.29, 1.82) is 0 Å². The number of thioether (sulfide) groups is 1. The van der Waals surface area contributed by atoms with Gasteiger partial charge in [-0.25, -0.2) is 4.79 Å². The number of benzene rings is 2. The second-order valence-electron chi connectivity index (χ2n) is 7.12. The molecule has 30 heavy (non-hydrogen) atoms. The Balaban J connectivity index is 1.70. The summed E-state index contributed by atoms with van der Waals surface area (Å²) in [4.78, 5) is 24.0. The van der Waals surface area contributed by atoms with Crippen molar-refractivity contribution in [1.82, 2.24) is 25.4 Å². The third-order valence-electron chi connectivity index (χ3n) is 4.27. The predicted molar refractivity (Wildman–Crippen MR) is 119 cm³/mol. The van der Waals surface area contributed by atoms with E-state index in [1.165, 1.54) is 11.8 Å². The predicted octanol–water partition coefficient (Wildman–Crippen LogP) is 3.90. The zero-order valence-corrected chi connectivity index (χ0v) is 17.9. The molecular formula is C22H25N5O2S. The minimum atomic E-state index is -0.476. The zero-order valence-electron chi connectivity index (χ0n) is 17.0. The molecule has 0 spiro atoms. The molecule has 0 radical (unpaired) electrons. The molecule has 1 heterocycles. The Hall–Kier alpha value is -3.13. The van der Waals surface area contributed by atoms with Gasteiger partial charge in [-0.1, -0.05) is 74.1 Å². The first-order valence-corrected chi connectivity index (χ1v) is 10.8. The summed E-state index contributed by atoms with van der Waals surface area (Å²) in [7, 11) is 0. The monoisotopic (exact) mass is 423 g/mol. The van der Waals surface area contributed by atoms with Gasteiger partial charge in [0, 0.05) is 17.8 Å². The smallest absolute Gasteiger partial charge is 0.321 e. The van der Waals surface area contributed by atoms with Crippen LogP contribution in [0, 0.1) is 5.92 Å². The molecule has 156 valence electrons. The number of hydrogen-bond acceptors (Lipinski definition) is 5. The minimum absolute atomic E-state index is 0.0529. The maximum atomic E-state index is 12.2. The number of imide groups is 1. The fourth-order valence-corrected chi connectivity index (χ4v) is 3.51. The quantitative estimate of drug-likeness (QED) is 0.537. The van der Waals surface area contributed by atoms with Crippen LogP contribution in [0.5, 0.6) is 0 Å². The summed E-state index contributed by atoms with van der Waals surface area (Å²) in [5.41, 5.74) is 1.82. The molecule has 2 N–H and O–H groups in total. The van der Waals surface area contributed by atoms with E-state index >= 15 is 0 Å². The van der Waals surface area contributed by atoms with Crippen molar-refractivity contribution < 1.29 is 9.59 Å². The van der Waals surface area contributed by atoms with Gasteiger partial charge in [0.2, 0.25) is 5.91 Å². The van der Waals surface area contributed by atoms with E-state index in [4.69, 9.17) is 0 Å². The van der Waals surface area contributed by atoms with Crippen LogP contribution in [0.2, 0.25) is 0 Å². The van der Waals surface area contributed by atoms with Gasteiger partial charge in [0.1, 0.15) is 0 Å². The van der Waals surface area contributed by atoms with E-state index in [0.29, 0.717) is 23.4 Å². The summed E-state index contributed by atoms with van der Waals surface area (Å²) in [5.74, 6) is 0.846. The van der Waals surface area contributed by atoms with Gasteiger partial charge in [0.25, 0.3) is 0 Å². The van der Waals surface area contributed by atoms with E-state index in [9.17, 15) is 9.59 Å². The summed E-state index contributed by atoms with van der Waals surface area (Å²) in [6.07, 6.45) is 0.860. The summed E-state index contributed by atoms with van der Waals surface area (Å²) in [5, 5.41) is 14.3. The molecule has 0 aliphatic rings. The highest BCUT2D eigenvalue weighted by Gasteiger charge is 2.17. The number of urea groups is 1. The lowest BCUT2D eigenvalue weighted by molar-refractivity contribution is -0.117. The molecule has 3 amide bonds. The molecule has 7 nitrogen and oxygen atoms in total. The van der Waals surface area contributed by atoms with Crippen LogP contribution in [0.1, 0.15) is 20.3 Å². The average Bonchev–Trinajstić information content (AvgIpc) is 3.17. The van der Waals surface area contributed by atoms with E-state index in [1.54, 1.807) is 0 Å². The standard InChI is InChI=1S/C22H25N5O2S/c1-16(2)13-14-23-21(29)24-19(28)15-30-22-26-25-20(17-9-5-3-6-10-17)27(22)18-11-7-4-8-12-18/h3-12,16H,13-15H2,1-2H3,(H2,23,24,28,29). The molecule has 3 aromatic rings. The number of amides is 3. The molecular weight excluding hydrogens is 398 g/mol. The molecule has 0 bridgehead atoms. The van der Waals surface area contributed by atoms with E-state index in [-0.39, 0.29) is 11.7 Å². The van der Waals surface area contributed by atoms with Crippen molar-refractivity contribution in [3.8, 4) is 17.1 Å². The largest absolute Gasteiger partial charge is 0.338 e. The summed E-state index contributed by atoms with van der Waals surface area (Å²) >= 11 is 1.23. The zero-order chi connectivity index (χ0) is 21.3. The Morgan fingerprint density at radius 2 is 1.67 bits per heavy atom. The number of nitrogens with one attached hydrogen (secondary N) is 2. The number of rotatable bonds is 8. The van der Waals surface area contributed by atoms with Crippen molar-refractivity contribution in [2.75, 3.05) is 12.3 Å². The molecule has 8 heteroatoms. The Bertz CT molecular complexity index is 974. The van der Waals surface area contributed by atoms with Gasteiger partial charge in [0.05, 0.1) is 5.75 Å². The lowest BCUT2D eigenvalue weighted by Gasteiger charge is -2.10. The first-order valence-electron chi connectivity index (χ1n) is 9.81. The fourth-order valence-electron chi connectivity index (χ4n) is 2.76. The molecule has 0 aliphatic heterocycles. The van der Waals surface area contributed by atoms with Crippen molar-refractivity contribution in [3.63, 3.8) is 0 Å². The summed E-state index contributed by atoms with van der Waals surface area (Å²) < 4.78 is 1.91. The van der Waals surface area contributed by atoms with Crippen LogP contribution in [0.4, 0.5) is 4.79 Å². The topological polar surface area (TPSA) is 88.9 Å². The molecule has 0 saturated heterocycles. The second-order valence-corrected chi connectivity index (χ2v) is 8.06. The molecule has 0 unspecified atom stereocenters. The lowest BCUT2D eigenvalue weighted by atomic mass is 10.1. The van der Waals surface area contributed by atoms with Gasteiger partial charge in [-0.05, 0) is 24.5 Å². The number of hydrogen-bond donors (Lipinski definition) is 2. The van der Waals surface area contributed by atoms with Crippen molar-refractivity contribution in [2.24, 2.45) is 5.92 Å². The van der Waals surface area contributed by atoms with Gasteiger partial charge in [-0.3, -0.25) is 14.7 Å². The van der Waals surface area contributed by atoms with Gasteiger partial charge in [0.15, 0.2) is 11.0 Å². The fraction of sp³-hybridized carbons (Fsp3) is 0.273. The van der Waals surface area contributed by atoms with Crippen LogP contribution in [0.25, 0.3) is 17.1 Å². The van der Waals surface area contributed by atoms with Crippen LogP contribution in [-0.4, -0.2) is 39.0 Å².